The van der Waals surface area contributed by atoms with E-state index in [-0.39, 0.29) is 18.1 Å². The smallest absolute Gasteiger partial charge is 0.407 e. The summed E-state index contributed by atoms with van der Waals surface area (Å²) in [5.41, 5.74) is 6.60. The molecule has 10 nitrogen and oxygen atoms in total. The van der Waals surface area contributed by atoms with Crippen LogP contribution in [-0.4, -0.2) is 56.3 Å². The molecule has 3 heterocycles. The minimum absolute atomic E-state index is 0.0276. The monoisotopic (exact) mass is 411 g/mol. The third-order valence-corrected chi connectivity index (χ3v) is 4.44. The lowest BCUT2D eigenvalue weighted by molar-refractivity contribution is 0.0147. The third-order valence-electron chi connectivity index (χ3n) is 4.09. The van der Waals surface area contributed by atoms with Crippen molar-refractivity contribution in [3.8, 4) is 0 Å². The molecule has 3 rings (SSSR count). The number of anilines is 2. The van der Waals surface area contributed by atoms with Crippen LogP contribution in [0.15, 0.2) is 6.33 Å². The Balaban J connectivity index is 1.63. The van der Waals surface area contributed by atoms with Crippen molar-refractivity contribution in [1.82, 2.24) is 24.8 Å². The zero-order valence-corrected chi connectivity index (χ0v) is 17.0. The molecule has 154 valence electrons. The van der Waals surface area contributed by atoms with Crippen LogP contribution in [-0.2, 0) is 9.47 Å². The van der Waals surface area contributed by atoms with Crippen LogP contribution < -0.4 is 16.4 Å². The van der Waals surface area contributed by atoms with Gasteiger partial charge in [-0.25, -0.2) is 9.78 Å². The first kappa shape index (κ1) is 20.4. The lowest BCUT2D eigenvalue weighted by Gasteiger charge is -2.19. The number of ether oxygens (including phenoxy) is 2. The van der Waals surface area contributed by atoms with Gasteiger partial charge in [-0.3, -0.25) is 4.57 Å². The summed E-state index contributed by atoms with van der Waals surface area (Å²) in [6.07, 6.45) is 2.75. The number of fused-ring (bicyclic) bond motifs is 1. The minimum atomic E-state index is -0.538. The van der Waals surface area contributed by atoms with Crippen LogP contribution in [0.25, 0.3) is 11.2 Å². The van der Waals surface area contributed by atoms with Gasteiger partial charge < -0.3 is 25.8 Å². The molecule has 0 radical (unpaired) electrons. The van der Waals surface area contributed by atoms with Crippen LogP contribution >= 0.6 is 11.6 Å². The summed E-state index contributed by atoms with van der Waals surface area (Å²) in [7, 11) is 0. The normalized spacial score (nSPS) is 19.7. The fourth-order valence-electron chi connectivity index (χ4n) is 2.89. The standard InChI is InChI=1S/C17H26ClN7O3/c1-17(2,3)28-16(26)21-7-6-20-15-23-13(19)12-14(24-15)25(9-22-12)11-5-4-10(8-18)27-11/h9-11H,4-8H2,1-3H3,(H,21,26)(H3,19,20,23,24). The molecule has 1 aliphatic heterocycles. The van der Waals surface area contributed by atoms with Crippen LogP contribution in [0.1, 0.15) is 39.8 Å². The second-order valence-corrected chi connectivity index (χ2v) is 7.86. The van der Waals surface area contributed by atoms with Crippen molar-refractivity contribution < 1.29 is 14.3 Å². The number of nitrogen functional groups attached to an aromatic ring is 1. The van der Waals surface area contributed by atoms with E-state index < -0.39 is 11.7 Å². The molecule has 2 unspecified atom stereocenters. The van der Waals surface area contributed by atoms with Crippen molar-refractivity contribution in [2.45, 2.75) is 51.5 Å². The fourth-order valence-corrected chi connectivity index (χ4v) is 3.11. The van der Waals surface area contributed by atoms with Crippen molar-refractivity contribution >= 4 is 40.6 Å². The van der Waals surface area contributed by atoms with E-state index >= 15 is 0 Å². The molecule has 1 fully saturated rings. The second-order valence-electron chi connectivity index (χ2n) is 7.56. The molecule has 0 aromatic carbocycles. The van der Waals surface area contributed by atoms with E-state index in [9.17, 15) is 4.79 Å². The summed E-state index contributed by atoms with van der Waals surface area (Å²) in [6, 6.07) is 0. The van der Waals surface area contributed by atoms with E-state index in [0.717, 1.165) is 12.8 Å². The van der Waals surface area contributed by atoms with Crippen molar-refractivity contribution in [2.75, 3.05) is 30.0 Å². The van der Waals surface area contributed by atoms with Gasteiger partial charge in [0.1, 0.15) is 17.3 Å². The maximum atomic E-state index is 11.7. The van der Waals surface area contributed by atoms with E-state index in [0.29, 0.717) is 36.1 Å². The van der Waals surface area contributed by atoms with Crippen LogP contribution in [0, 0.1) is 0 Å². The predicted octanol–water partition coefficient (Wildman–Crippen LogP) is 2.26. The Morgan fingerprint density at radius 2 is 2.18 bits per heavy atom. The first-order chi connectivity index (χ1) is 13.3. The molecule has 2 atom stereocenters. The molecule has 28 heavy (non-hydrogen) atoms. The molecule has 4 N–H and O–H groups in total. The van der Waals surface area contributed by atoms with Crippen LogP contribution in [0.3, 0.4) is 0 Å². The molecule has 11 heteroatoms. The molecule has 0 spiro atoms. The summed E-state index contributed by atoms with van der Waals surface area (Å²) in [5, 5.41) is 5.71. The van der Waals surface area contributed by atoms with Gasteiger partial charge in [-0.15, -0.1) is 11.6 Å². The number of alkyl carbamates (subject to hydrolysis) is 1. The summed E-state index contributed by atoms with van der Waals surface area (Å²) in [4.78, 5) is 24.7. The number of nitrogens with zero attached hydrogens (tertiary/aromatic N) is 4. The van der Waals surface area contributed by atoms with E-state index in [1.54, 1.807) is 6.33 Å². The zero-order chi connectivity index (χ0) is 20.3. The SMILES string of the molecule is CC(C)(C)OC(=O)NCCNc1nc(N)c2ncn(C3CCC(CCl)O3)c2n1. The maximum absolute atomic E-state index is 11.7. The van der Waals surface area contributed by atoms with Gasteiger partial charge in [-0.05, 0) is 33.6 Å². The number of carbonyl (C=O) groups excluding carboxylic acids is 1. The summed E-state index contributed by atoms with van der Waals surface area (Å²) < 4.78 is 12.9. The first-order valence-corrected chi connectivity index (χ1v) is 9.72. The van der Waals surface area contributed by atoms with Gasteiger partial charge in [0.25, 0.3) is 0 Å². The van der Waals surface area contributed by atoms with Gasteiger partial charge in [-0.2, -0.15) is 9.97 Å². The molecular weight excluding hydrogens is 386 g/mol. The number of carbonyl (C=O) groups is 1. The Kier molecular flexibility index (Phi) is 6.09. The number of nitrogens with two attached hydrogens (primary N) is 1. The number of halogens is 1. The Morgan fingerprint density at radius 1 is 1.39 bits per heavy atom. The number of aromatic nitrogens is 4. The number of amides is 1. The van der Waals surface area contributed by atoms with E-state index in [4.69, 9.17) is 26.8 Å². The Labute approximate surface area is 168 Å². The second kappa shape index (κ2) is 8.36. The average Bonchev–Trinajstić information content (AvgIpc) is 3.23. The number of alkyl halides is 1. The van der Waals surface area contributed by atoms with Gasteiger partial charge in [0.2, 0.25) is 5.95 Å². The van der Waals surface area contributed by atoms with Gasteiger partial charge in [0, 0.05) is 19.0 Å². The minimum Gasteiger partial charge on any atom is -0.444 e. The molecule has 0 bridgehead atoms. The van der Waals surface area contributed by atoms with Gasteiger partial charge in [-0.1, -0.05) is 0 Å². The number of imidazole rings is 1. The van der Waals surface area contributed by atoms with Crippen molar-refractivity contribution in [1.29, 1.82) is 0 Å². The van der Waals surface area contributed by atoms with Gasteiger partial charge >= 0.3 is 6.09 Å². The molecule has 1 amide bonds. The topological polar surface area (TPSA) is 129 Å². The molecular formula is C17H26ClN7O3. The van der Waals surface area contributed by atoms with Crippen molar-refractivity contribution in [3.05, 3.63) is 6.33 Å². The number of hydrogen-bond donors (Lipinski definition) is 3. The molecule has 0 aliphatic carbocycles. The first-order valence-electron chi connectivity index (χ1n) is 9.19. The third kappa shape index (κ3) is 4.93. The fraction of sp³-hybridized carbons (Fsp3) is 0.647. The van der Waals surface area contributed by atoms with Gasteiger partial charge in [0.15, 0.2) is 11.5 Å². The largest absolute Gasteiger partial charge is 0.444 e. The van der Waals surface area contributed by atoms with Crippen molar-refractivity contribution in [2.24, 2.45) is 0 Å². The Bertz CT molecular complexity index is 836. The van der Waals surface area contributed by atoms with Crippen LogP contribution in [0.5, 0.6) is 0 Å². The highest BCUT2D eigenvalue weighted by Crippen LogP contribution is 2.31. The Hall–Kier alpha value is -2.33. The van der Waals surface area contributed by atoms with E-state index in [1.165, 1.54) is 0 Å². The molecule has 0 saturated carbocycles. The average molecular weight is 412 g/mol. The number of nitrogens with one attached hydrogen (secondary N) is 2. The highest BCUT2D eigenvalue weighted by Gasteiger charge is 2.28. The lowest BCUT2D eigenvalue weighted by Crippen LogP contribution is -2.35. The quantitative estimate of drug-likeness (QED) is 0.487. The van der Waals surface area contributed by atoms with Crippen molar-refractivity contribution in [3.63, 3.8) is 0 Å². The summed E-state index contributed by atoms with van der Waals surface area (Å²) in [5.74, 6) is 1.08. The number of hydrogen-bond acceptors (Lipinski definition) is 8. The zero-order valence-electron chi connectivity index (χ0n) is 16.2. The predicted molar refractivity (Wildman–Crippen MR) is 106 cm³/mol. The molecule has 2 aromatic heterocycles. The van der Waals surface area contributed by atoms with Gasteiger partial charge in [0.05, 0.1) is 12.4 Å². The molecule has 2 aromatic rings. The molecule has 1 saturated heterocycles. The summed E-state index contributed by atoms with van der Waals surface area (Å²) in [6.45, 7) is 6.18. The Morgan fingerprint density at radius 3 is 2.86 bits per heavy atom. The maximum Gasteiger partial charge on any atom is 0.407 e. The van der Waals surface area contributed by atoms with E-state index in [1.807, 2.05) is 25.3 Å². The van der Waals surface area contributed by atoms with E-state index in [2.05, 4.69) is 25.6 Å². The van der Waals surface area contributed by atoms with Crippen LogP contribution in [0.4, 0.5) is 16.6 Å². The highest BCUT2D eigenvalue weighted by molar-refractivity contribution is 6.18. The lowest BCUT2D eigenvalue weighted by atomic mass is 10.2. The number of rotatable bonds is 6. The summed E-state index contributed by atoms with van der Waals surface area (Å²) >= 11 is 5.89. The molecule has 1 aliphatic rings. The van der Waals surface area contributed by atoms with Crippen LogP contribution in [0.2, 0.25) is 0 Å². The highest BCUT2D eigenvalue weighted by atomic mass is 35.5.